The largest absolute Gasteiger partial charge is 0.309 e. The van der Waals surface area contributed by atoms with Gasteiger partial charge in [-0.1, -0.05) is 18.2 Å². The van der Waals surface area contributed by atoms with Gasteiger partial charge in [0.05, 0.1) is 20.3 Å². The molecule has 0 amide bonds. The summed E-state index contributed by atoms with van der Waals surface area (Å²) in [5, 5.41) is 4.03. The van der Waals surface area contributed by atoms with E-state index in [1.807, 2.05) is 47.2 Å². The zero-order chi connectivity index (χ0) is 11.9. The highest BCUT2D eigenvalue weighted by molar-refractivity contribution is 7.99. The van der Waals surface area contributed by atoms with E-state index in [0.29, 0.717) is 0 Å². The van der Waals surface area contributed by atoms with Crippen molar-refractivity contribution in [3.05, 3.63) is 52.2 Å². The van der Waals surface area contributed by atoms with Crippen molar-refractivity contribution in [1.29, 1.82) is 0 Å². The predicted octanol–water partition coefficient (Wildman–Crippen LogP) is 2.84. The van der Waals surface area contributed by atoms with E-state index in [4.69, 9.17) is 0 Å². The Balaban J connectivity index is 2.22. The van der Waals surface area contributed by atoms with Crippen LogP contribution in [0.1, 0.15) is 11.1 Å². The van der Waals surface area contributed by atoms with Crippen molar-refractivity contribution in [2.45, 2.75) is 4.90 Å². The maximum Gasteiger partial charge on any atom is 0.0744 e. The molecular weight excluding hydrogens is 250 g/mol. The fraction of sp³-hybridized carbons (Fsp3) is 0. The summed E-state index contributed by atoms with van der Waals surface area (Å²) in [5.74, 6) is 3.81. The van der Waals surface area contributed by atoms with E-state index in [0.717, 1.165) is 21.7 Å². The Morgan fingerprint density at radius 2 is 2.06 bits per heavy atom. The van der Waals surface area contributed by atoms with Gasteiger partial charge in [-0.05, 0) is 35.0 Å². The van der Waals surface area contributed by atoms with Crippen LogP contribution in [-0.4, -0.2) is 10.1 Å². The van der Waals surface area contributed by atoms with Gasteiger partial charge in [0, 0.05) is 10.9 Å². The van der Waals surface area contributed by atoms with Crippen molar-refractivity contribution in [2.75, 3.05) is 0 Å². The maximum atomic E-state index is 12.5. The van der Waals surface area contributed by atoms with Crippen molar-refractivity contribution in [3.63, 3.8) is 0 Å². The Hall–Kier alpha value is -1.52. The Bertz CT molecular complexity index is 682. The molecule has 0 bridgehead atoms. The fourth-order valence-electron chi connectivity index (χ4n) is 1.88. The third kappa shape index (κ3) is 1.79. The average Bonchev–Trinajstić information content (AvgIpc) is 2.81. The van der Waals surface area contributed by atoms with Gasteiger partial charge in [-0.15, -0.1) is 0 Å². The van der Waals surface area contributed by atoms with Crippen molar-refractivity contribution in [1.82, 2.24) is 4.72 Å². The Labute approximate surface area is 105 Å². The average molecular weight is 261 g/mol. The number of benzene rings is 1. The van der Waals surface area contributed by atoms with E-state index < -0.39 is 9.71 Å². The van der Waals surface area contributed by atoms with Crippen LogP contribution >= 0.6 is 11.3 Å². The topological polar surface area (TPSA) is 29.1 Å². The van der Waals surface area contributed by atoms with Gasteiger partial charge in [0.1, 0.15) is 0 Å². The number of rotatable bonds is 1. The lowest BCUT2D eigenvalue weighted by Gasteiger charge is -2.22. The summed E-state index contributed by atoms with van der Waals surface area (Å²) >= 11 is 1.62. The molecule has 1 aromatic carbocycles. The summed E-state index contributed by atoms with van der Waals surface area (Å²) in [4.78, 5) is 0.777. The zero-order valence-electron chi connectivity index (χ0n) is 9.05. The Morgan fingerprint density at radius 3 is 2.82 bits per heavy atom. The molecule has 0 fully saturated rings. The van der Waals surface area contributed by atoms with Gasteiger partial charge in [0.15, 0.2) is 0 Å². The van der Waals surface area contributed by atoms with Crippen molar-refractivity contribution >= 4 is 38.7 Å². The summed E-state index contributed by atoms with van der Waals surface area (Å²) in [6, 6.07) is 9.66. The summed E-state index contributed by atoms with van der Waals surface area (Å²) in [5.41, 5.74) is 2.92. The van der Waals surface area contributed by atoms with Crippen LogP contribution in [-0.2, 0) is 9.71 Å². The lowest BCUT2D eigenvalue weighted by molar-refractivity contribution is 0.677. The number of nitrogens with one attached hydrogen (secondary N) is 1. The van der Waals surface area contributed by atoms with Gasteiger partial charge >= 0.3 is 0 Å². The first-order valence-electron chi connectivity index (χ1n) is 5.15. The van der Waals surface area contributed by atoms with Crippen LogP contribution in [0.4, 0.5) is 0 Å². The summed E-state index contributed by atoms with van der Waals surface area (Å²) in [7, 11) is -2.43. The molecule has 2 aromatic rings. The minimum atomic E-state index is -2.43. The first kappa shape index (κ1) is 10.6. The van der Waals surface area contributed by atoms with E-state index in [1.54, 1.807) is 11.3 Å². The van der Waals surface area contributed by atoms with Gasteiger partial charge in [-0.25, -0.2) is 4.21 Å². The van der Waals surface area contributed by atoms with Crippen LogP contribution in [0.2, 0.25) is 0 Å². The molecule has 0 saturated heterocycles. The zero-order valence-corrected chi connectivity index (χ0v) is 10.7. The fourth-order valence-corrected chi connectivity index (χ4v) is 3.98. The molecule has 0 spiro atoms. The highest BCUT2D eigenvalue weighted by Crippen LogP contribution is 2.28. The molecular formula is C13H11NOS2. The first-order chi connectivity index (χ1) is 8.17. The standard InChI is InChI=1S/C13H11NOS2/c1-17(15)13-5-3-2-4-10(13)8-12(14-17)11-6-7-16-9-11/h2-9H,1H2,(H,14,15). The Kier molecular flexibility index (Phi) is 2.34. The molecule has 2 heterocycles. The summed E-state index contributed by atoms with van der Waals surface area (Å²) in [6.07, 6.45) is 2.02. The molecule has 1 aromatic heterocycles. The van der Waals surface area contributed by atoms with E-state index in [1.165, 1.54) is 0 Å². The minimum absolute atomic E-state index is 0.777. The second-order valence-electron chi connectivity index (χ2n) is 3.89. The van der Waals surface area contributed by atoms with Crippen LogP contribution in [0.15, 0.2) is 46.0 Å². The van der Waals surface area contributed by atoms with Gasteiger partial charge in [-0.3, -0.25) is 0 Å². The van der Waals surface area contributed by atoms with Gasteiger partial charge in [0.2, 0.25) is 0 Å². The molecule has 1 unspecified atom stereocenters. The molecule has 1 aliphatic rings. The van der Waals surface area contributed by atoms with E-state index >= 15 is 0 Å². The van der Waals surface area contributed by atoms with E-state index in [2.05, 4.69) is 10.6 Å². The molecule has 4 heteroatoms. The lowest BCUT2D eigenvalue weighted by Crippen LogP contribution is -2.25. The van der Waals surface area contributed by atoms with Crippen LogP contribution in [0.25, 0.3) is 11.8 Å². The van der Waals surface area contributed by atoms with Gasteiger partial charge < -0.3 is 4.72 Å². The molecule has 3 rings (SSSR count). The molecule has 86 valence electrons. The van der Waals surface area contributed by atoms with Crippen molar-refractivity contribution in [3.8, 4) is 0 Å². The second kappa shape index (κ2) is 3.75. The normalized spacial score (nSPS) is 22.5. The molecule has 1 atom stereocenters. The van der Waals surface area contributed by atoms with Crippen LogP contribution in [0, 0.1) is 0 Å². The van der Waals surface area contributed by atoms with E-state index in [9.17, 15) is 4.21 Å². The molecule has 0 aliphatic carbocycles. The lowest BCUT2D eigenvalue weighted by atomic mass is 10.1. The molecule has 2 nitrogen and oxygen atoms in total. The first-order valence-corrected chi connectivity index (χ1v) is 7.82. The monoisotopic (exact) mass is 261 g/mol. The third-order valence-electron chi connectivity index (χ3n) is 2.68. The smallest absolute Gasteiger partial charge is 0.0744 e. The number of hydrogen-bond donors (Lipinski definition) is 1. The van der Waals surface area contributed by atoms with Gasteiger partial charge in [-0.2, -0.15) is 11.3 Å². The molecule has 1 aliphatic heterocycles. The van der Waals surface area contributed by atoms with Crippen LogP contribution in [0.3, 0.4) is 0 Å². The SMILES string of the molecule is C=S1(=O)NC(c2ccsc2)=Cc2ccccc21. The molecule has 1 N–H and O–H groups in total. The molecule has 0 radical (unpaired) electrons. The van der Waals surface area contributed by atoms with Crippen LogP contribution < -0.4 is 4.72 Å². The highest BCUT2D eigenvalue weighted by atomic mass is 32.2. The van der Waals surface area contributed by atoms with Gasteiger partial charge in [0.25, 0.3) is 0 Å². The Morgan fingerprint density at radius 1 is 1.24 bits per heavy atom. The number of thiophene rings is 1. The summed E-state index contributed by atoms with van der Waals surface area (Å²) < 4.78 is 15.5. The number of hydrogen-bond acceptors (Lipinski definition) is 2. The minimum Gasteiger partial charge on any atom is -0.309 e. The van der Waals surface area contributed by atoms with E-state index in [-0.39, 0.29) is 0 Å². The predicted molar refractivity (Wildman–Crippen MR) is 75.3 cm³/mol. The molecule has 17 heavy (non-hydrogen) atoms. The highest BCUT2D eigenvalue weighted by Gasteiger charge is 2.19. The summed E-state index contributed by atoms with van der Waals surface area (Å²) in [6.45, 7) is 0. The quantitative estimate of drug-likeness (QED) is 0.786. The number of fused-ring (bicyclic) bond motifs is 1. The molecule has 0 saturated carbocycles. The van der Waals surface area contributed by atoms with Crippen LogP contribution in [0.5, 0.6) is 0 Å². The third-order valence-corrected chi connectivity index (χ3v) is 5.00. The second-order valence-corrected chi connectivity index (χ2v) is 6.66. The van der Waals surface area contributed by atoms with Crippen molar-refractivity contribution in [2.24, 2.45) is 0 Å². The maximum absolute atomic E-state index is 12.5. The van der Waals surface area contributed by atoms with Crippen molar-refractivity contribution < 1.29 is 4.21 Å².